The van der Waals surface area contributed by atoms with Crippen molar-refractivity contribution >= 4 is 6.21 Å². The van der Waals surface area contributed by atoms with Crippen molar-refractivity contribution in [3.63, 3.8) is 0 Å². The molecule has 0 aromatic carbocycles. The van der Waals surface area contributed by atoms with Crippen LogP contribution in [-0.4, -0.2) is 13.3 Å². The summed E-state index contributed by atoms with van der Waals surface area (Å²) in [5.74, 6) is 0.562. The molecular weight excluding hydrogens is 218 g/mol. The second-order valence-electron chi connectivity index (χ2n) is 4.78. The summed E-state index contributed by atoms with van der Waals surface area (Å²) in [6.45, 7) is 6.16. The maximum absolute atomic E-state index is 4.17. The zero-order valence-corrected chi connectivity index (χ0v) is 11.7. The first-order valence-corrected chi connectivity index (χ1v) is 6.92. The third kappa shape index (κ3) is 5.31. The Kier molecular flexibility index (Phi) is 7.09. The number of nitrogens with zero attached hydrogens (tertiary/aromatic N) is 1. The summed E-state index contributed by atoms with van der Waals surface area (Å²) < 4.78 is 0. The SMILES string of the molecule is C=CC(CCC)CC(/C=N\C)=C/C1=CCCC=C1. The van der Waals surface area contributed by atoms with Crippen molar-refractivity contribution in [2.75, 3.05) is 7.05 Å². The molecular formula is C17H25N. The molecule has 1 heteroatoms. The summed E-state index contributed by atoms with van der Waals surface area (Å²) in [6.07, 6.45) is 18.8. The van der Waals surface area contributed by atoms with Crippen molar-refractivity contribution in [2.45, 2.75) is 39.0 Å². The molecule has 1 aliphatic carbocycles. The van der Waals surface area contributed by atoms with E-state index in [2.05, 4.69) is 48.9 Å². The lowest BCUT2D eigenvalue weighted by Gasteiger charge is -2.12. The highest BCUT2D eigenvalue weighted by atomic mass is 14.6. The minimum Gasteiger partial charge on any atom is -0.296 e. The molecule has 0 spiro atoms. The van der Waals surface area contributed by atoms with Gasteiger partial charge in [-0.25, -0.2) is 0 Å². The van der Waals surface area contributed by atoms with Crippen LogP contribution in [0.4, 0.5) is 0 Å². The minimum atomic E-state index is 0.562. The van der Waals surface area contributed by atoms with Gasteiger partial charge in [0.15, 0.2) is 0 Å². The van der Waals surface area contributed by atoms with Crippen molar-refractivity contribution in [1.82, 2.24) is 0 Å². The quantitative estimate of drug-likeness (QED) is 0.446. The number of hydrogen-bond donors (Lipinski definition) is 0. The van der Waals surface area contributed by atoms with Gasteiger partial charge in [0.1, 0.15) is 0 Å². The van der Waals surface area contributed by atoms with E-state index in [-0.39, 0.29) is 0 Å². The van der Waals surface area contributed by atoms with E-state index < -0.39 is 0 Å². The molecule has 0 saturated carbocycles. The van der Waals surface area contributed by atoms with Gasteiger partial charge in [0.05, 0.1) is 0 Å². The van der Waals surface area contributed by atoms with Crippen molar-refractivity contribution in [2.24, 2.45) is 10.9 Å². The van der Waals surface area contributed by atoms with E-state index in [1.807, 2.05) is 13.3 Å². The molecule has 0 aromatic rings. The Morgan fingerprint density at radius 2 is 2.33 bits per heavy atom. The first-order valence-electron chi connectivity index (χ1n) is 6.92. The third-order valence-electron chi connectivity index (χ3n) is 3.16. The van der Waals surface area contributed by atoms with Crippen molar-refractivity contribution in [3.8, 4) is 0 Å². The molecule has 1 rings (SSSR count). The van der Waals surface area contributed by atoms with Gasteiger partial charge in [0, 0.05) is 13.3 Å². The van der Waals surface area contributed by atoms with E-state index in [1.54, 1.807) is 0 Å². The fourth-order valence-corrected chi connectivity index (χ4v) is 2.25. The normalized spacial score (nSPS) is 17.9. The Hall–Kier alpha value is -1.37. The Morgan fingerprint density at radius 3 is 2.89 bits per heavy atom. The molecule has 0 saturated heterocycles. The summed E-state index contributed by atoms with van der Waals surface area (Å²) in [5.41, 5.74) is 2.61. The van der Waals surface area contributed by atoms with Crippen molar-refractivity contribution in [3.05, 3.63) is 48.1 Å². The van der Waals surface area contributed by atoms with E-state index >= 15 is 0 Å². The van der Waals surface area contributed by atoms with Crippen LogP contribution in [0.2, 0.25) is 0 Å². The Bertz CT molecular complexity index is 369. The second-order valence-corrected chi connectivity index (χ2v) is 4.78. The van der Waals surface area contributed by atoms with Crippen LogP contribution < -0.4 is 0 Å². The van der Waals surface area contributed by atoms with Gasteiger partial charge < -0.3 is 0 Å². The smallest absolute Gasteiger partial charge is 0.0277 e. The average molecular weight is 243 g/mol. The Labute approximate surface area is 112 Å². The van der Waals surface area contributed by atoms with Gasteiger partial charge in [-0.3, -0.25) is 4.99 Å². The van der Waals surface area contributed by atoms with Crippen LogP contribution in [0.3, 0.4) is 0 Å². The molecule has 0 aromatic heterocycles. The summed E-state index contributed by atoms with van der Waals surface area (Å²) >= 11 is 0. The first kappa shape index (κ1) is 14.7. The lowest BCUT2D eigenvalue weighted by atomic mass is 9.93. The van der Waals surface area contributed by atoms with E-state index in [9.17, 15) is 0 Å². The summed E-state index contributed by atoms with van der Waals surface area (Å²) in [7, 11) is 1.83. The fraction of sp³-hybridized carbons (Fsp3) is 0.471. The summed E-state index contributed by atoms with van der Waals surface area (Å²) in [5, 5.41) is 0. The van der Waals surface area contributed by atoms with Gasteiger partial charge in [-0.1, -0.05) is 43.7 Å². The Morgan fingerprint density at radius 1 is 1.50 bits per heavy atom. The molecule has 98 valence electrons. The predicted molar refractivity (Wildman–Crippen MR) is 82.2 cm³/mol. The topological polar surface area (TPSA) is 12.4 Å². The van der Waals surface area contributed by atoms with Crippen LogP contribution in [0.25, 0.3) is 0 Å². The van der Waals surface area contributed by atoms with Crippen LogP contribution >= 0.6 is 0 Å². The summed E-state index contributed by atoms with van der Waals surface area (Å²) in [4.78, 5) is 4.17. The van der Waals surface area contributed by atoms with E-state index in [0.717, 1.165) is 12.8 Å². The highest BCUT2D eigenvalue weighted by molar-refractivity contribution is 5.79. The Balaban J connectivity index is 2.75. The standard InChI is InChI=1S/C17H25N/c1-4-9-15(5-2)12-17(14-18-3)13-16-10-7-6-8-11-16/h5,7,10-11,13-15H,2,4,6,8-9,12H2,1,3H3/b17-13-,18-14-. The summed E-state index contributed by atoms with van der Waals surface area (Å²) in [6, 6.07) is 0. The number of allylic oxidation sites excluding steroid dienone is 7. The monoisotopic (exact) mass is 243 g/mol. The fourth-order valence-electron chi connectivity index (χ4n) is 2.25. The lowest BCUT2D eigenvalue weighted by Crippen LogP contribution is -2.00. The molecule has 0 amide bonds. The largest absolute Gasteiger partial charge is 0.296 e. The number of aliphatic imine (C=N–C) groups is 1. The molecule has 0 radical (unpaired) electrons. The van der Waals surface area contributed by atoms with E-state index in [4.69, 9.17) is 0 Å². The second kappa shape index (κ2) is 8.68. The van der Waals surface area contributed by atoms with Gasteiger partial charge in [-0.15, -0.1) is 6.58 Å². The lowest BCUT2D eigenvalue weighted by molar-refractivity contribution is 0.584. The zero-order chi connectivity index (χ0) is 13.2. The highest BCUT2D eigenvalue weighted by Crippen LogP contribution is 2.20. The van der Waals surface area contributed by atoms with E-state index in [0.29, 0.717) is 5.92 Å². The maximum atomic E-state index is 4.17. The number of hydrogen-bond acceptors (Lipinski definition) is 1. The molecule has 1 nitrogen and oxygen atoms in total. The van der Waals surface area contributed by atoms with Crippen LogP contribution in [0.15, 0.2) is 53.1 Å². The highest BCUT2D eigenvalue weighted by Gasteiger charge is 2.06. The molecule has 0 bridgehead atoms. The molecule has 0 N–H and O–H groups in total. The molecule has 1 atom stereocenters. The van der Waals surface area contributed by atoms with Crippen LogP contribution in [0, 0.1) is 5.92 Å². The van der Waals surface area contributed by atoms with Gasteiger partial charge in [0.2, 0.25) is 0 Å². The molecule has 18 heavy (non-hydrogen) atoms. The van der Waals surface area contributed by atoms with Crippen LogP contribution in [0.1, 0.15) is 39.0 Å². The van der Waals surface area contributed by atoms with Gasteiger partial charge >= 0.3 is 0 Å². The van der Waals surface area contributed by atoms with E-state index in [1.165, 1.54) is 30.4 Å². The molecule has 0 heterocycles. The zero-order valence-electron chi connectivity index (χ0n) is 11.7. The third-order valence-corrected chi connectivity index (χ3v) is 3.16. The van der Waals surface area contributed by atoms with Crippen molar-refractivity contribution in [1.29, 1.82) is 0 Å². The van der Waals surface area contributed by atoms with Gasteiger partial charge in [0.25, 0.3) is 0 Å². The van der Waals surface area contributed by atoms with Crippen molar-refractivity contribution < 1.29 is 0 Å². The van der Waals surface area contributed by atoms with Gasteiger partial charge in [-0.05, 0) is 42.7 Å². The average Bonchev–Trinajstić information content (AvgIpc) is 2.39. The van der Waals surface area contributed by atoms with Crippen LogP contribution in [-0.2, 0) is 0 Å². The van der Waals surface area contributed by atoms with Gasteiger partial charge in [-0.2, -0.15) is 0 Å². The first-order chi connectivity index (χ1) is 8.80. The maximum Gasteiger partial charge on any atom is 0.0277 e. The molecule has 1 aliphatic rings. The van der Waals surface area contributed by atoms with Crippen LogP contribution in [0.5, 0.6) is 0 Å². The molecule has 0 aliphatic heterocycles. The molecule has 1 unspecified atom stereocenters. The molecule has 0 fully saturated rings. The predicted octanol–water partition coefficient (Wildman–Crippen LogP) is 4.88. The number of rotatable bonds is 7. The minimum absolute atomic E-state index is 0.562.